The number of hydrogen-bond acceptors (Lipinski definition) is 7. The van der Waals surface area contributed by atoms with Gasteiger partial charge in [0.15, 0.2) is 5.17 Å². The zero-order chi connectivity index (χ0) is 21.8. The fourth-order valence-corrected chi connectivity index (χ4v) is 4.87. The van der Waals surface area contributed by atoms with E-state index in [0.717, 1.165) is 43.0 Å². The van der Waals surface area contributed by atoms with Gasteiger partial charge in [-0.2, -0.15) is 0 Å². The molecular weight excluding hydrogens is 416 g/mol. The number of hydrogen-bond donors (Lipinski definition) is 1. The Morgan fingerprint density at radius 2 is 2.00 bits per heavy atom. The van der Waals surface area contributed by atoms with Crippen LogP contribution in [0.3, 0.4) is 0 Å². The number of amidine groups is 2. The zero-order valence-corrected chi connectivity index (χ0v) is 18.3. The number of ether oxygens (including phenoxy) is 1. The minimum Gasteiger partial charge on any atom is -0.465 e. The maximum absolute atomic E-state index is 13.2. The lowest BCUT2D eigenvalue weighted by Gasteiger charge is -2.25. The molecule has 1 aliphatic carbocycles. The third kappa shape index (κ3) is 4.81. The first-order valence-electron chi connectivity index (χ1n) is 10.7. The smallest absolute Gasteiger partial charge is 0.316 e. The lowest BCUT2D eigenvalue weighted by Crippen LogP contribution is -2.43. The standard InChI is InChI=1S/C22H26N4O4S/c1-2-30-19(28)13-31-22-25-16-11-7-6-10-15(16)20-24-17(21(29)26(20)22)12-18(27)23-14-8-4-3-5-9-14/h6-7,10-11,14,17H,2-5,8-9,12-13H2,1H3,(H,23,27)/t17-/m1/s1. The SMILES string of the molecule is CCOC(=O)CSC1=Nc2ccccc2C2=N[C@H](CC(=O)NC3CCCCC3)C(=O)N12. The lowest BCUT2D eigenvalue weighted by molar-refractivity contribution is -0.139. The largest absolute Gasteiger partial charge is 0.465 e. The van der Waals surface area contributed by atoms with Gasteiger partial charge in [0, 0.05) is 11.6 Å². The van der Waals surface area contributed by atoms with Gasteiger partial charge >= 0.3 is 5.97 Å². The minimum absolute atomic E-state index is 0.00727. The molecule has 164 valence electrons. The molecule has 1 aromatic rings. The van der Waals surface area contributed by atoms with Crippen LogP contribution in [-0.2, 0) is 19.1 Å². The van der Waals surface area contributed by atoms with E-state index in [4.69, 9.17) is 4.74 Å². The van der Waals surface area contributed by atoms with E-state index in [1.54, 1.807) is 6.92 Å². The van der Waals surface area contributed by atoms with E-state index < -0.39 is 6.04 Å². The molecule has 1 N–H and O–H groups in total. The van der Waals surface area contributed by atoms with Crippen LogP contribution in [0.1, 0.15) is 51.0 Å². The van der Waals surface area contributed by atoms with Crippen molar-refractivity contribution in [3.8, 4) is 0 Å². The Balaban J connectivity index is 1.51. The Hall–Kier alpha value is -2.68. The van der Waals surface area contributed by atoms with Gasteiger partial charge in [0.25, 0.3) is 5.91 Å². The zero-order valence-electron chi connectivity index (χ0n) is 17.5. The lowest BCUT2D eigenvalue weighted by atomic mass is 9.95. The van der Waals surface area contributed by atoms with Crippen LogP contribution < -0.4 is 5.32 Å². The van der Waals surface area contributed by atoms with E-state index in [-0.39, 0.29) is 36.0 Å². The molecule has 0 unspecified atom stereocenters. The summed E-state index contributed by atoms with van der Waals surface area (Å²) in [6.07, 6.45) is 5.43. The highest BCUT2D eigenvalue weighted by Crippen LogP contribution is 2.34. The predicted octanol–water partition coefficient (Wildman–Crippen LogP) is 2.78. The molecule has 0 bridgehead atoms. The molecule has 31 heavy (non-hydrogen) atoms. The van der Waals surface area contributed by atoms with E-state index in [9.17, 15) is 14.4 Å². The van der Waals surface area contributed by atoms with Gasteiger partial charge in [0.1, 0.15) is 11.9 Å². The maximum atomic E-state index is 13.2. The number of para-hydroxylation sites is 1. The van der Waals surface area contributed by atoms with Gasteiger partial charge in [-0.1, -0.05) is 43.2 Å². The number of benzene rings is 1. The van der Waals surface area contributed by atoms with Crippen LogP contribution in [0.5, 0.6) is 0 Å². The summed E-state index contributed by atoms with van der Waals surface area (Å²) in [5, 5.41) is 3.44. The second-order valence-corrected chi connectivity index (χ2v) is 8.70. The van der Waals surface area contributed by atoms with E-state index >= 15 is 0 Å². The van der Waals surface area contributed by atoms with Crippen molar-refractivity contribution in [3.63, 3.8) is 0 Å². The molecule has 0 radical (unpaired) electrons. The van der Waals surface area contributed by atoms with Crippen molar-refractivity contribution in [1.82, 2.24) is 10.2 Å². The van der Waals surface area contributed by atoms with Crippen molar-refractivity contribution in [2.24, 2.45) is 9.98 Å². The number of carbonyl (C=O) groups is 3. The molecule has 4 rings (SSSR count). The van der Waals surface area contributed by atoms with Crippen molar-refractivity contribution in [1.29, 1.82) is 0 Å². The first-order valence-corrected chi connectivity index (χ1v) is 11.7. The Bertz CT molecular complexity index is 939. The maximum Gasteiger partial charge on any atom is 0.316 e. The summed E-state index contributed by atoms with van der Waals surface area (Å²) in [5.41, 5.74) is 1.43. The fourth-order valence-electron chi connectivity index (χ4n) is 4.07. The van der Waals surface area contributed by atoms with Crippen molar-refractivity contribution in [3.05, 3.63) is 29.8 Å². The van der Waals surface area contributed by atoms with Crippen LogP contribution in [0.25, 0.3) is 0 Å². The average Bonchev–Trinajstić information content (AvgIpc) is 3.09. The third-order valence-electron chi connectivity index (χ3n) is 5.52. The number of amides is 2. The van der Waals surface area contributed by atoms with Crippen molar-refractivity contribution in [2.45, 2.75) is 57.5 Å². The van der Waals surface area contributed by atoms with Gasteiger partial charge in [-0.25, -0.2) is 9.89 Å². The molecule has 0 saturated heterocycles. The Kier molecular flexibility index (Phi) is 6.70. The number of aliphatic imine (C=N–C) groups is 2. The third-order valence-corrected chi connectivity index (χ3v) is 6.43. The second-order valence-electron chi connectivity index (χ2n) is 7.75. The van der Waals surface area contributed by atoms with Gasteiger partial charge in [-0.15, -0.1) is 0 Å². The van der Waals surface area contributed by atoms with Crippen LogP contribution in [0.15, 0.2) is 34.3 Å². The molecule has 1 fully saturated rings. The molecular formula is C22H26N4O4S. The molecule has 0 spiro atoms. The number of thioether (sulfide) groups is 1. The molecule has 2 heterocycles. The number of esters is 1. The van der Waals surface area contributed by atoms with Gasteiger partial charge < -0.3 is 10.1 Å². The normalized spacial score (nSPS) is 20.5. The Labute approximate surface area is 185 Å². The van der Waals surface area contributed by atoms with Crippen LogP contribution >= 0.6 is 11.8 Å². The van der Waals surface area contributed by atoms with Gasteiger partial charge in [-0.3, -0.25) is 19.4 Å². The van der Waals surface area contributed by atoms with Crippen LogP contribution in [0.2, 0.25) is 0 Å². The quantitative estimate of drug-likeness (QED) is 0.683. The molecule has 1 saturated carbocycles. The monoisotopic (exact) mass is 442 g/mol. The van der Waals surface area contributed by atoms with Crippen molar-refractivity contribution in [2.75, 3.05) is 12.4 Å². The molecule has 3 aliphatic rings. The molecule has 2 aliphatic heterocycles. The Morgan fingerprint density at radius 3 is 2.77 bits per heavy atom. The minimum atomic E-state index is -0.793. The van der Waals surface area contributed by atoms with Crippen LogP contribution in [0.4, 0.5) is 5.69 Å². The number of nitrogens with zero attached hydrogens (tertiary/aromatic N) is 3. The van der Waals surface area contributed by atoms with Gasteiger partial charge in [-0.05, 0) is 31.9 Å². The van der Waals surface area contributed by atoms with Crippen LogP contribution in [-0.4, -0.2) is 58.1 Å². The van der Waals surface area contributed by atoms with Crippen molar-refractivity contribution < 1.29 is 19.1 Å². The van der Waals surface area contributed by atoms with Gasteiger partial charge in [0.2, 0.25) is 5.91 Å². The summed E-state index contributed by atoms with van der Waals surface area (Å²) in [6.45, 7) is 2.04. The van der Waals surface area contributed by atoms with E-state index in [1.807, 2.05) is 24.3 Å². The second kappa shape index (κ2) is 9.64. The van der Waals surface area contributed by atoms with Gasteiger partial charge in [0.05, 0.1) is 24.5 Å². The molecule has 1 aromatic carbocycles. The first kappa shape index (κ1) is 21.5. The van der Waals surface area contributed by atoms with Crippen LogP contribution in [0, 0.1) is 0 Å². The average molecular weight is 443 g/mol. The fraction of sp³-hybridized carbons (Fsp3) is 0.500. The molecule has 2 amide bonds. The summed E-state index contributed by atoms with van der Waals surface area (Å²) in [4.78, 5) is 48.2. The summed E-state index contributed by atoms with van der Waals surface area (Å²) >= 11 is 1.14. The number of fused-ring (bicyclic) bond motifs is 3. The summed E-state index contributed by atoms with van der Waals surface area (Å²) in [6, 6.07) is 6.81. The highest BCUT2D eigenvalue weighted by atomic mass is 32.2. The predicted molar refractivity (Wildman–Crippen MR) is 119 cm³/mol. The summed E-state index contributed by atoms with van der Waals surface area (Å²) in [7, 11) is 0. The summed E-state index contributed by atoms with van der Waals surface area (Å²) < 4.78 is 4.99. The molecule has 1 atom stereocenters. The van der Waals surface area contributed by atoms with E-state index in [1.165, 1.54) is 11.3 Å². The highest BCUT2D eigenvalue weighted by Gasteiger charge is 2.42. The number of rotatable bonds is 6. The van der Waals surface area contributed by atoms with E-state index in [0.29, 0.717) is 23.3 Å². The number of nitrogens with one attached hydrogen (secondary N) is 1. The van der Waals surface area contributed by atoms with Crippen molar-refractivity contribution >= 4 is 46.2 Å². The molecule has 9 heteroatoms. The topological polar surface area (TPSA) is 100 Å². The number of carbonyl (C=O) groups excluding carboxylic acids is 3. The van der Waals surface area contributed by atoms with E-state index in [2.05, 4.69) is 15.3 Å². The summed E-state index contributed by atoms with van der Waals surface area (Å²) in [5.74, 6) is -0.294. The molecule has 0 aromatic heterocycles. The molecule has 8 nitrogen and oxygen atoms in total. The highest BCUT2D eigenvalue weighted by molar-refractivity contribution is 8.14. The first-order chi connectivity index (χ1) is 15.1. The Morgan fingerprint density at radius 1 is 1.23 bits per heavy atom.